The fourth-order valence-electron chi connectivity index (χ4n) is 3.40. The maximum Gasteiger partial charge on any atom is 0.410 e. The molecule has 1 aliphatic heterocycles. The number of likely N-dealkylation sites (tertiary alicyclic amines) is 1. The Hall–Kier alpha value is -1.62. The number of hydrogen-bond acceptors (Lipinski definition) is 3. The molecule has 1 amide bonds. The van der Waals surface area contributed by atoms with E-state index in [-0.39, 0.29) is 6.09 Å². The van der Waals surface area contributed by atoms with Gasteiger partial charge in [-0.2, -0.15) is 0 Å². The van der Waals surface area contributed by atoms with Gasteiger partial charge in [0, 0.05) is 44.4 Å². The van der Waals surface area contributed by atoms with Gasteiger partial charge in [-0.25, -0.2) is 9.18 Å². The number of nitrogens with one attached hydrogen (secondary N) is 1. The Morgan fingerprint density at radius 2 is 1.92 bits per heavy atom. The maximum absolute atomic E-state index is 15.0. The number of ether oxygens (including phenoxy) is 1. The second kappa shape index (κ2) is 6.94. The molecule has 2 fully saturated rings. The normalized spacial score (nSPS) is 25.5. The SMILES string of the molecule is CC(C)(C)OC(=O)N1CCC(F)(CN[C@@H]2C[C@H]2c2ccccc2)CC1. The lowest BCUT2D eigenvalue weighted by atomic mass is 9.93. The predicted octanol–water partition coefficient (Wildman–Crippen LogP) is 3.87. The summed E-state index contributed by atoms with van der Waals surface area (Å²) in [6.07, 6.45) is 1.46. The van der Waals surface area contributed by atoms with E-state index in [4.69, 9.17) is 4.74 Å². The summed E-state index contributed by atoms with van der Waals surface area (Å²) < 4.78 is 20.4. The van der Waals surface area contributed by atoms with Crippen LogP contribution in [0.5, 0.6) is 0 Å². The Balaban J connectivity index is 1.42. The Morgan fingerprint density at radius 3 is 2.52 bits per heavy atom. The van der Waals surface area contributed by atoms with E-state index in [9.17, 15) is 4.79 Å². The number of rotatable bonds is 4. The summed E-state index contributed by atoms with van der Waals surface area (Å²) in [4.78, 5) is 13.7. The van der Waals surface area contributed by atoms with Crippen molar-refractivity contribution in [3.8, 4) is 0 Å². The van der Waals surface area contributed by atoms with E-state index in [1.807, 2.05) is 39.0 Å². The summed E-state index contributed by atoms with van der Waals surface area (Å²) in [6.45, 7) is 6.73. The van der Waals surface area contributed by atoms with Crippen molar-refractivity contribution in [1.29, 1.82) is 0 Å². The van der Waals surface area contributed by atoms with Gasteiger partial charge in [-0.1, -0.05) is 30.3 Å². The van der Waals surface area contributed by atoms with Crippen LogP contribution in [0, 0.1) is 0 Å². The maximum atomic E-state index is 15.0. The lowest BCUT2D eigenvalue weighted by Gasteiger charge is -2.37. The summed E-state index contributed by atoms with van der Waals surface area (Å²) in [5.74, 6) is 0.506. The van der Waals surface area contributed by atoms with Gasteiger partial charge in [-0.3, -0.25) is 0 Å². The van der Waals surface area contributed by atoms with Crippen LogP contribution in [0.2, 0.25) is 0 Å². The van der Waals surface area contributed by atoms with Crippen molar-refractivity contribution < 1.29 is 13.9 Å². The van der Waals surface area contributed by atoms with Gasteiger partial charge in [0.15, 0.2) is 0 Å². The number of amides is 1. The third-order valence-electron chi connectivity index (χ3n) is 5.01. The molecule has 138 valence electrons. The Kier molecular flexibility index (Phi) is 5.05. The highest BCUT2D eigenvalue weighted by atomic mass is 19.1. The molecule has 4 nitrogen and oxygen atoms in total. The van der Waals surface area contributed by atoms with Gasteiger partial charge >= 0.3 is 6.09 Å². The van der Waals surface area contributed by atoms with Crippen LogP contribution < -0.4 is 5.32 Å². The van der Waals surface area contributed by atoms with Gasteiger partial charge in [-0.15, -0.1) is 0 Å². The van der Waals surface area contributed by atoms with E-state index < -0.39 is 11.3 Å². The number of carbonyl (C=O) groups excluding carboxylic acids is 1. The highest BCUT2D eigenvalue weighted by molar-refractivity contribution is 5.68. The molecule has 1 aromatic rings. The van der Waals surface area contributed by atoms with Crippen LogP contribution in [-0.2, 0) is 4.74 Å². The van der Waals surface area contributed by atoms with Gasteiger partial charge < -0.3 is 15.0 Å². The van der Waals surface area contributed by atoms with E-state index in [1.165, 1.54) is 5.56 Å². The molecule has 1 aromatic carbocycles. The molecule has 1 saturated heterocycles. The molecule has 0 bridgehead atoms. The minimum atomic E-state index is -1.23. The van der Waals surface area contributed by atoms with E-state index in [1.54, 1.807) is 4.90 Å². The van der Waals surface area contributed by atoms with Crippen LogP contribution in [-0.4, -0.2) is 47.9 Å². The summed E-state index contributed by atoms with van der Waals surface area (Å²) >= 11 is 0. The van der Waals surface area contributed by atoms with Crippen LogP contribution in [0.1, 0.15) is 51.5 Å². The molecule has 1 N–H and O–H groups in total. The zero-order valence-corrected chi connectivity index (χ0v) is 15.4. The zero-order valence-electron chi connectivity index (χ0n) is 15.4. The highest BCUT2D eigenvalue weighted by Gasteiger charge is 2.42. The Labute approximate surface area is 149 Å². The van der Waals surface area contributed by atoms with E-state index in [2.05, 4.69) is 17.4 Å². The summed E-state index contributed by atoms with van der Waals surface area (Å²) in [5, 5.41) is 3.39. The molecule has 0 radical (unpaired) electrons. The first-order valence-corrected chi connectivity index (χ1v) is 9.21. The molecule has 2 aliphatic rings. The third kappa shape index (κ3) is 4.94. The predicted molar refractivity (Wildman–Crippen MR) is 96.5 cm³/mol. The molecule has 1 saturated carbocycles. The first-order valence-electron chi connectivity index (χ1n) is 9.21. The number of alkyl halides is 1. The van der Waals surface area contributed by atoms with Crippen molar-refractivity contribution in [2.45, 2.75) is 63.3 Å². The smallest absolute Gasteiger partial charge is 0.410 e. The van der Waals surface area contributed by atoms with Crippen molar-refractivity contribution in [2.75, 3.05) is 19.6 Å². The zero-order chi connectivity index (χ0) is 18.1. The first kappa shape index (κ1) is 18.2. The fourth-order valence-corrected chi connectivity index (χ4v) is 3.40. The number of benzene rings is 1. The molecular weight excluding hydrogens is 319 g/mol. The van der Waals surface area contributed by atoms with Crippen LogP contribution >= 0.6 is 0 Å². The number of carbonyl (C=O) groups is 1. The molecule has 0 aromatic heterocycles. The average molecular weight is 348 g/mol. The summed E-state index contributed by atoms with van der Waals surface area (Å²) in [7, 11) is 0. The van der Waals surface area contributed by atoms with Gasteiger partial charge in [-0.05, 0) is 32.8 Å². The quantitative estimate of drug-likeness (QED) is 0.898. The Bertz CT molecular complexity index is 591. The average Bonchev–Trinajstić information content (AvgIpc) is 3.33. The second-order valence-electron chi connectivity index (χ2n) is 8.36. The summed E-state index contributed by atoms with van der Waals surface area (Å²) in [6, 6.07) is 10.8. The molecular formula is C20H29FN2O2. The number of piperidine rings is 1. The van der Waals surface area contributed by atoms with Crippen molar-refractivity contribution >= 4 is 6.09 Å². The van der Waals surface area contributed by atoms with Crippen LogP contribution in [0.25, 0.3) is 0 Å². The molecule has 25 heavy (non-hydrogen) atoms. The second-order valence-corrected chi connectivity index (χ2v) is 8.36. The third-order valence-corrected chi connectivity index (χ3v) is 5.01. The fraction of sp³-hybridized carbons (Fsp3) is 0.650. The molecule has 0 spiro atoms. The topological polar surface area (TPSA) is 41.6 Å². The lowest BCUT2D eigenvalue weighted by molar-refractivity contribution is 0.00336. The number of hydrogen-bond donors (Lipinski definition) is 1. The van der Waals surface area contributed by atoms with Crippen LogP contribution in [0.3, 0.4) is 0 Å². The van der Waals surface area contributed by atoms with Gasteiger partial charge in [0.1, 0.15) is 11.3 Å². The largest absolute Gasteiger partial charge is 0.444 e. The molecule has 2 atom stereocenters. The van der Waals surface area contributed by atoms with Crippen molar-refractivity contribution in [1.82, 2.24) is 10.2 Å². The van der Waals surface area contributed by atoms with E-state index in [0.29, 0.717) is 44.4 Å². The van der Waals surface area contributed by atoms with Crippen molar-refractivity contribution in [3.05, 3.63) is 35.9 Å². The summed E-state index contributed by atoms with van der Waals surface area (Å²) in [5.41, 5.74) is -0.420. The minimum Gasteiger partial charge on any atom is -0.444 e. The number of halogens is 1. The minimum absolute atomic E-state index is 0.339. The van der Waals surface area contributed by atoms with Crippen molar-refractivity contribution in [2.24, 2.45) is 0 Å². The molecule has 1 heterocycles. The standard InChI is InChI=1S/C20H29FN2O2/c1-19(2,3)25-18(24)23-11-9-20(21,10-12-23)14-22-17-13-16(17)15-7-5-4-6-8-15/h4-8,16-17,22H,9-14H2,1-3H3/t16-,17+/m0/s1. The number of nitrogens with zero attached hydrogens (tertiary/aromatic N) is 1. The monoisotopic (exact) mass is 348 g/mol. The Morgan fingerprint density at radius 1 is 1.28 bits per heavy atom. The van der Waals surface area contributed by atoms with Crippen LogP contribution in [0.4, 0.5) is 9.18 Å². The van der Waals surface area contributed by atoms with E-state index >= 15 is 4.39 Å². The highest BCUT2D eigenvalue weighted by Crippen LogP contribution is 2.41. The van der Waals surface area contributed by atoms with Gasteiger partial charge in [0.25, 0.3) is 0 Å². The van der Waals surface area contributed by atoms with Gasteiger partial charge in [0.2, 0.25) is 0 Å². The molecule has 0 unspecified atom stereocenters. The van der Waals surface area contributed by atoms with Gasteiger partial charge in [0.05, 0.1) is 0 Å². The molecule has 5 heteroatoms. The first-order chi connectivity index (χ1) is 11.8. The van der Waals surface area contributed by atoms with Crippen molar-refractivity contribution in [3.63, 3.8) is 0 Å². The van der Waals surface area contributed by atoms with E-state index in [0.717, 1.165) is 6.42 Å². The molecule has 3 rings (SSSR count). The van der Waals surface area contributed by atoms with Crippen LogP contribution in [0.15, 0.2) is 30.3 Å². The molecule has 1 aliphatic carbocycles. The lowest BCUT2D eigenvalue weighted by Crippen LogP contribution is -2.50.